The van der Waals surface area contributed by atoms with E-state index in [0.717, 1.165) is 17.0 Å². The molecule has 5 heteroatoms. The Morgan fingerprint density at radius 1 is 1.00 bits per heavy atom. The van der Waals surface area contributed by atoms with E-state index in [0.29, 0.717) is 18.0 Å². The molecule has 0 atom stereocenters. The molecule has 0 aliphatic heterocycles. The largest absolute Gasteiger partial charge is 0.496 e. The summed E-state index contributed by atoms with van der Waals surface area (Å²) >= 11 is 1.66. The van der Waals surface area contributed by atoms with Crippen LogP contribution in [-0.2, 0) is 6.54 Å². The van der Waals surface area contributed by atoms with E-state index in [9.17, 15) is 0 Å². The molecule has 2 rings (SSSR count). The van der Waals surface area contributed by atoms with Crippen LogP contribution in [0.1, 0.15) is 5.56 Å². The van der Waals surface area contributed by atoms with Gasteiger partial charge in [0.2, 0.25) is 0 Å². The third kappa shape index (κ3) is 3.12. The van der Waals surface area contributed by atoms with Crippen LogP contribution in [0.2, 0.25) is 0 Å². The van der Waals surface area contributed by atoms with Gasteiger partial charge in [0.05, 0.1) is 21.3 Å². The van der Waals surface area contributed by atoms with Gasteiger partial charge in [-0.25, -0.2) is 0 Å². The lowest BCUT2D eigenvalue weighted by atomic mass is 10.1. The van der Waals surface area contributed by atoms with E-state index in [1.165, 1.54) is 0 Å². The molecular weight excluding hydrogens is 262 g/mol. The first-order valence-corrected chi connectivity index (χ1v) is 6.77. The highest BCUT2D eigenvalue weighted by Crippen LogP contribution is 2.34. The van der Waals surface area contributed by atoms with Crippen LogP contribution in [-0.4, -0.2) is 21.3 Å². The number of thiophene rings is 1. The number of rotatable bonds is 6. The van der Waals surface area contributed by atoms with Crippen LogP contribution in [0.25, 0.3) is 0 Å². The van der Waals surface area contributed by atoms with Gasteiger partial charge >= 0.3 is 0 Å². The van der Waals surface area contributed by atoms with Gasteiger partial charge in [0.25, 0.3) is 0 Å². The van der Waals surface area contributed by atoms with Crippen molar-refractivity contribution in [3.8, 4) is 17.2 Å². The topological polar surface area (TPSA) is 39.7 Å². The average Bonchev–Trinajstić information content (AvgIpc) is 2.97. The molecule has 0 saturated heterocycles. The molecule has 0 saturated carbocycles. The van der Waals surface area contributed by atoms with Crippen LogP contribution in [0, 0.1) is 0 Å². The summed E-state index contributed by atoms with van der Waals surface area (Å²) in [5.41, 5.74) is 2.12. The van der Waals surface area contributed by atoms with E-state index < -0.39 is 0 Å². The molecule has 1 N–H and O–H groups in total. The molecule has 19 heavy (non-hydrogen) atoms. The minimum absolute atomic E-state index is 0.665. The third-order valence-electron chi connectivity index (χ3n) is 2.79. The fourth-order valence-corrected chi connectivity index (χ4v) is 2.41. The summed E-state index contributed by atoms with van der Waals surface area (Å²) in [6.45, 7) is 0.667. The maximum absolute atomic E-state index is 5.38. The number of nitrogens with one attached hydrogen (secondary N) is 1. The van der Waals surface area contributed by atoms with Crippen molar-refractivity contribution in [2.75, 3.05) is 26.6 Å². The van der Waals surface area contributed by atoms with Gasteiger partial charge in [-0.1, -0.05) is 0 Å². The first-order chi connectivity index (χ1) is 9.28. The molecule has 0 radical (unpaired) electrons. The zero-order valence-electron chi connectivity index (χ0n) is 11.2. The Bertz CT molecular complexity index is 526. The van der Waals surface area contributed by atoms with Crippen molar-refractivity contribution in [1.29, 1.82) is 0 Å². The first-order valence-electron chi connectivity index (χ1n) is 5.83. The minimum Gasteiger partial charge on any atom is -0.496 e. The van der Waals surface area contributed by atoms with Gasteiger partial charge in [0, 0.05) is 29.2 Å². The molecule has 4 nitrogen and oxygen atoms in total. The highest BCUT2D eigenvalue weighted by Gasteiger charge is 2.11. The fourth-order valence-electron chi connectivity index (χ4n) is 1.79. The van der Waals surface area contributed by atoms with Gasteiger partial charge in [0.15, 0.2) is 11.5 Å². The SMILES string of the molecule is COc1cc(OC)c(OC)cc1CNc1ccsc1. The zero-order chi connectivity index (χ0) is 13.7. The molecule has 102 valence electrons. The van der Waals surface area contributed by atoms with E-state index in [1.807, 2.05) is 23.6 Å². The molecule has 0 unspecified atom stereocenters. The Hall–Kier alpha value is -1.88. The molecule has 1 aromatic heterocycles. The number of hydrogen-bond donors (Lipinski definition) is 1. The predicted octanol–water partition coefficient (Wildman–Crippen LogP) is 3.39. The summed E-state index contributed by atoms with van der Waals surface area (Å²) in [5, 5.41) is 7.44. The summed E-state index contributed by atoms with van der Waals surface area (Å²) in [5.74, 6) is 2.14. The van der Waals surface area contributed by atoms with Crippen molar-refractivity contribution in [3.63, 3.8) is 0 Å². The van der Waals surface area contributed by atoms with Gasteiger partial charge < -0.3 is 19.5 Å². The highest BCUT2D eigenvalue weighted by atomic mass is 32.1. The van der Waals surface area contributed by atoms with E-state index >= 15 is 0 Å². The standard InChI is InChI=1S/C14H17NO3S/c1-16-12-7-14(18-3)13(17-2)6-10(12)8-15-11-4-5-19-9-11/h4-7,9,15H,8H2,1-3H3. The third-order valence-corrected chi connectivity index (χ3v) is 3.47. The smallest absolute Gasteiger partial charge is 0.164 e. The molecule has 0 fully saturated rings. The van der Waals surface area contributed by atoms with Crippen LogP contribution in [0.15, 0.2) is 29.0 Å². The maximum atomic E-state index is 5.38. The molecule has 1 heterocycles. The van der Waals surface area contributed by atoms with Crippen LogP contribution >= 0.6 is 11.3 Å². The number of anilines is 1. The van der Waals surface area contributed by atoms with E-state index in [-0.39, 0.29) is 0 Å². The summed E-state index contributed by atoms with van der Waals surface area (Å²) in [7, 11) is 4.89. The second kappa shape index (κ2) is 6.33. The molecule has 0 amide bonds. The number of benzene rings is 1. The van der Waals surface area contributed by atoms with Gasteiger partial charge in [-0.3, -0.25) is 0 Å². The Kier molecular flexibility index (Phi) is 4.52. The van der Waals surface area contributed by atoms with Crippen LogP contribution in [0.3, 0.4) is 0 Å². The van der Waals surface area contributed by atoms with Crippen molar-refractivity contribution in [2.24, 2.45) is 0 Å². The normalized spacial score (nSPS) is 10.1. The Balaban J connectivity index is 2.22. The summed E-state index contributed by atoms with van der Waals surface area (Å²) in [4.78, 5) is 0. The highest BCUT2D eigenvalue weighted by molar-refractivity contribution is 7.08. The molecule has 1 aromatic carbocycles. The van der Waals surface area contributed by atoms with Crippen molar-refractivity contribution in [3.05, 3.63) is 34.5 Å². The van der Waals surface area contributed by atoms with Crippen LogP contribution in [0.5, 0.6) is 17.2 Å². The number of hydrogen-bond acceptors (Lipinski definition) is 5. The lowest BCUT2D eigenvalue weighted by Gasteiger charge is -2.14. The molecule has 0 aliphatic carbocycles. The summed E-state index contributed by atoms with van der Waals surface area (Å²) in [6, 6.07) is 5.80. The first kappa shape index (κ1) is 13.5. The van der Waals surface area contributed by atoms with Gasteiger partial charge in [-0.15, -0.1) is 0 Å². The van der Waals surface area contributed by atoms with Gasteiger partial charge in [-0.05, 0) is 17.5 Å². The van der Waals surface area contributed by atoms with E-state index in [1.54, 1.807) is 32.7 Å². The maximum Gasteiger partial charge on any atom is 0.164 e. The fraction of sp³-hybridized carbons (Fsp3) is 0.286. The molecular formula is C14H17NO3S. The molecule has 0 aliphatic rings. The second-order valence-corrected chi connectivity index (χ2v) is 4.66. The second-order valence-electron chi connectivity index (χ2n) is 3.88. The van der Waals surface area contributed by atoms with Crippen molar-refractivity contribution < 1.29 is 14.2 Å². The Morgan fingerprint density at radius 3 is 2.26 bits per heavy atom. The number of methoxy groups -OCH3 is 3. The summed E-state index contributed by atoms with van der Waals surface area (Å²) in [6.07, 6.45) is 0. The van der Waals surface area contributed by atoms with E-state index in [2.05, 4.69) is 10.7 Å². The molecule has 0 bridgehead atoms. The zero-order valence-corrected chi connectivity index (χ0v) is 12.0. The lowest BCUT2D eigenvalue weighted by molar-refractivity contribution is 0.347. The van der Waals surface area contributed by atoms with Gasteiger partial charge in [-0.2, -0.15) is 11.3 Å². The molecule has 0 spiro atoms. The predicted molar refractivity (Wildman–Crippen MR) is 77.7 cm³/mol. The molecule has 2 aromatic rings. The van der Waals surface area contributed by atoms with Crippen LogP contribution in [0.4, 0.5) is 5.69 Å². The van der Waals surface area contributed by atoms with Crippen molar-refractivity contribution >= 4 is 17.0 Å². The van der Waals surface area contributed by atoms with Crippen molar-refractivity contribution in [1.82, 2.24) is 0 Å². The Morgan fingerprint density at radius 2 is 1.68 bits per heavy atom. The quantitative estimate of drug-likeness (QED) is 0.880. The minimum atomic E-state index is 0.665. The van der Waals surface area contributed by atoms with Crippen molar-refractivity contribution in [2.45, 2.75) is 6.54 Å². The average molecular weight is 279 g/mol. The van der Waals surface area contributed by atoms with Gasteiger partial charge in [0.1, 0.15) is 5.75 Å². The lowest BCUT2D eigenvalue weighted by Crippen LogP contribution is -2.02. The monoisotopic (exact) mass is 279 g/mol. The van der Waals surface area contributed by atoms with E-state index in [4.69, 9.17) is 14.2 Å². The Labute approximate surface area is 116 Å². The van der Waals surface area contributed by atoms with Crippen LogP contribution < -0.4 is 19.5 Å². The summed E-state index contributed by atoms with van der Waals surface area (Å²) < 4.78 is 16.0. The number of ether oxygens (including phenoxy) is 3.